The number of aromatic nitrogens is 2. The molecule has 10 nitrogen and oxygen atoms in total. The van der Waals surface area contributed by atoms with E-state index in [4.69, 9.17) is 11.5 Å². The molecule has 0 aliphatic heterocycles. The molecule has 0 saturated heterocycles. The van der Waals surface area contributed by atoms with Crippen molar-refractivity contribution in [3.63, 3.8) is 0 Å². The summed E-state index contributed by atoms with van der Waals surface area (Å²) in [6.07, 6.45) is 4.23. The summed E-state index contributed by atoms with van der Waals surface area (Å²) in [5.74, 6) is -2.06. The summed E-state index contributed by atoms with van der Waals surface area (Å²) >= 11 is 0. The van der Waals surface area contributed by atoms with Crippen molar-refractivity contribution < 1.29 is 19.2 Å². The van der Waals surface area contributed by atoms with E-state index >= 15 is 0 Å². The summed E-state index contributed by atoms with van der Waals surface area (Å²) in [6, 6.07) is -3.01. The van der Waals surface area contributed by atoms with Gasteiger partial charge in [0.15, 0.2) is 0 Å². The van der Waals surface area contributed by atoms with Gasteiger partial charge in [-0.15, -0.1) is 0 Å². The van der Waals surface area contributed by atoms with Gasteiger partial charge in [0.05, 0.1) is 24.5 Å². The van der Waals surface area contributed by atoms with Crippen LogP contribution in [-0.2, 0) is 25.6 Å². The van der Waals surface area contributed by atoms with Crippen molar-refractivity contribution in [2.75, 3.05) is 0 Å². The van der Waals surface area contributed by atoms with E-state index in [2.05, 4.69) is 20.6 Å². The molecule has 0 fully saturated rings. The molecule has 1 aromatic heterocycles. The van der Waals surface area contributed by atoms with Crippen LogP contribution in [0.5, 0.6) is 0 Å². The minimum atomic E-state index is -1.19. The average molecular weight is 351 g/mol. The molecule has 25 heavy (non-hydrogen) atoms. The highest BCUT2D eigenvalue weighted by atomic mass is 16.2. The number of hydrogen-bond acceptors (Lipinski definition) is 6. The molecule has 0 spiro atoms. The zero-order valence-corrected chi connectivity index (χ0v) is 14.1. The summed E-state index contributed by atoms with van der Waals surface area (Å²) in [5.41, 5.74) is 11.3. The van der Waals surface area contributed by atoms with E-state index in [-0.39, 0.29) is 18.8 Å². The number of hydrogen-bond donors (Lipinski definition) is 5. The second-order valence-corrected chi connectivity index (χ2v) is 5.95. The molecule has 10 heteroatoms. The van der Waals surface area contributed by atoms with Crippen molar-refractivity contribution in [1.82, 2.24) is 20.6 Å². The second-order valence-electron chi connectivity index (χ2n) is 5.95. The van der Waals surface area contributed by atoms with E-state index in [1.165, 1.54) is 12.6 Å². The number of nitrogens with zero attached hydrogens (tertiary/aromatic N) is 1. The fourth-order valence-electron chi connectivity index (χ4n) is 1.99. The van der Waals surface area contributed by atoms with Gasteiger partial charge in [-0.1, -0.05) is 13.8 Å². The van der Waals surface area contributed by atoms with Crippen LogP contribution >= 0.6 is 0 Å². The maximum Gasteiger partial charge on any atom is 0.243 e. The number of primary amides is 1. The molecule has 1 aromatic rings. The topological polar surface area (TPSA) is 173 Å². The first kappa shape index (κ1) is 20.3. The molecule has 1 rings (SSSR count). The maximum atomic E-state index is 12.4. The summed E-state index contributed by atoms with van der Waals surface area (Å²) in [7, 11) is 0. The van der Waals surface area contributed by atoms with Gasteiger partial charge in [0.1, 0.15) is 12.1 Å². The molecular formula is C15H23N6O4. The fraction of sp³-hybridized carbons (Fsp3) is 0.533. The molecule has 3 atom stereocenters. The third-order valence-corrected chi connectivity index (χ3v) is 3.49. The van der Waals surface area contributed by atoms with Gasteiger partial charge in [0, 0.05) is 12.6 Å². The molecule has 1 heterocycles. The first-order valence-corrected chi connectivity index (χ1v) is 7.74. The Labute approximate surface area is 145 Å². The Bertz CT molecular complexity index is 601. The fourth-order valence-corrected chi connectivity index (χ4v) is 1.99. The lowest BCUT2D eigenvalue weighted by atomic mass is 10.0. The lowest BCUT2D eigenvalue weighted by molar-refractivity contribution is -0.130. The predicted molar refractivity (Wildman–Crippen MR) is 88.5 cm³/mol. The molecule has 7 N–H and O–H groups in total. The van der Waals surface area contributed by atoms with Gasteiger partial charge in [-0.3, -0.25) is 19.2 Å². The van der Waals surface area contributed by atoms with Gasteiger partial charge in [-0.05, 0) is 5.92 Å². The highest BCUT2D eigenvalue weighted by Gasteiger charge is 2.28. The molecule has 1 radical (unpaired) electrons. The minimum Gasteiger partial charge on any atom is -0.370 e. The van der Waals surface area contributed by atoms with E-state index in [0.717, 1.165) is 0 Å². The maximum absolute atomic E-state index is 12.4. The number of rotatable bonds is 10. The number of nitrogens with one attached hydrogen (secondary N) is 3. The van der Waals surface area contributed by atoms with Crippen molar-refractivity contribution in [2.24, 2.45) is 17.4 Å². The van der Waals surface area contributed by atoms with E-state index in [0.29, 0.717) is 5.69 Å². The number of carbonyl (C=O) groups excluding carboxylic acids is 4. The number of carbonyl (C=O) groups is 3. The van der Waals surface area contributed by atoms with Crippen molar-refractivity contribution >= 4 is 24.0 Å². The molecule has 137 valence electrons. The van der Waals surface area contributed by atoms with Crippen LogP contribution in [0.3, 0.4) is 0 Å². The normalized spacial score (nSPS) is 14.4. The van der Waals surface area contributed by atoms with Crippen LogP contribution in [-0.4, -0.2) is 52.1 Å². The van der Waals surface area contributed by atoms with E-state index in [1.807, 2.05) is 0 Å². The highest BCUT2D eigenvalue weighted by Crippen LogP contribution is 2.03. The van der Waals surface area contributed by atoms with Crippen LogP contribution in [0, 0.1) is 5.92 Å². The van der Waals surface area contributed by atoms with Crippen molar-refractivity contribution in [1.29, 1.82) is 0 Å². The van der Waals surface area contributed by atoms with E-state index < -0.39 is 35.8 Å². The summed E-state index contributed by atoms with van der Waals surface area (Å²) in [5, 5.41) is 4.87. The van der Waals surface area contributed by atoms with Crippen LogP contribution in [0.4, 0.5) is 0 Å². The highest BCUT2D eigenvalue weighted by molar-refractivity contribution is 5.91. The molecule has 0 saturated carbocycles. The zero-order valence-electron chi connectivity index (χ0n) is 14.1. The Hall–Kier alpha value is -2.75. The molecular weight excluding hydrogens is 328 g/mol. The third-order valence-electron chi connectivity index (χ3n) is 3.49. The van der Waals surface area contributed by atoms with Crippen LogP contribution in [0.15, 0.2) is 12.5 Å². The second kappa shape index (κ2) is 9.52. The van der Waals surface area contributed by atoms with E-state index in [9.17, 15) is 19.2 Å². The Morgan fingerprint density at radius 2 is 1.96 bits per heavy atom. The molecule has 0 bridgehead atoms. The number of H-pyrrole nitrogens is 1. The van der Waals surface area contributed by atoms with Crippen molar-refractivity contribution in [3.05, 3.63) is 18.2 Å². The van der Waals surface area contributed by atoms with E-state index in [1.54, 1.807) is 20.0 Å². The quantitative estimate of drug-likeness (QED) is 0.322. The molecule has 0 aromatic carbocycles. The standard InChI is InChI=1S/C15H23N6O4/c1-8(2)13(17)15(25)21-11(3-9-5-18-7-19-9)14(24)20-10(6-22)4-12(16)23/h5,7-8,10-11,13H,3-4,17H2,1-2H3,(H2,16,23)(H,18,19)(H,20,24)(H,21,25)/t10-,11-,13-/m0/s1. The summed E-state index contributed by atoms with van der Waals surface area (Å²) < 4.78 is 0. The number of amides is 3. The lowest BCUT2D eigenvalue weighted by Gasteiger charge is -2.22. The lowest BCUT2D eigenvalue weighted by Crippen LogP contribution is -2.55. The van der Waals surface area contributed by atoms with Crippen molar-refractivity contribution in [2.45, 2.75) is 44.8 Å². The van der Waals surface area contributed by atoms with Crippen molar-refractivity contribution in [3.8, 4) is 0 Å². The van der Waals surface area contributed by atoms with Gasteiger partial charge in [-0.25, -0.2) is 4.98 Å². The minimum absolute atomic E-state index is 0.0774. The van der Waals surface area contributed by atoms with Crippen LogP contribution in [0.1, 0.15) is 26.0 Å². The van der Waals surface area contributed by atoms with Gasteiger partial charge >= 0.3 is 0 Å². The van der Waals surface area contributed by atoms with Crippen LogP contribution < -0.4 is 22.1 Å². The van der Waals surface area contributed by atoms with Gasteiger partial charge < -0.3 is 27.1 Å². The first-order valence-electron chi connectivity index (χ1n) is 7.74. The Morgan fingerprint density at radius 3 is 2.44 bits per heavy atom. The smallest absolute Gasteiger partial charge is 0.243 e. The molecule has 0 aliphatic carbocycles. The van der Waals surface area contributed by atoms with Gasteiger partial charge in [0.25, 0.3) is 0 Å². The Balaban J connectivity index is 2.85. The number of aromatic amines is 1. The molecule has 0 aliphatic rings. The molecule has 0 unspecified atom stereocenters. The largest absolute Gasteiger partial charge is 0.370 e. The summed E-state index contributed by atoms with van der Waals surface area (Å²) in [6.45, 7) is 3.55. The van der Waals surface area contributed by atoms with Gasteiger partial charge in [0.2, 0.25) is 24.0 Å². The SMILES string of the molecule is CC(C)[C@H](N)C(=O)N[C@@H](Cc1c[nH]cn1)C(=O)N[C@H]([C]=O)CC(N)=O. The molecule has 3 amide bonds. The Morgan fingerprint density at radius 1 is 1.28 bits per heavy atom. The Kier molecular flexibility index (Phi) is 7.73. The predicted octanol–water partition coefficient (Wildman–Crippen LogP) is -2.11. The first-order chi connectivity index (χ1) is 11.7. The summed E-state index contributed by atoms with van der Waals surface area (Å²) in [4.78, 5) is 53.1. The third kappa shape index (κ3) is 6.71. The monoisotopic (exact) mass is 351 g/mol. The average Bonchev–Trinajstić information content (AvgIpc) is 3.05. The van der Waals surface area contributed by atoms with Gasteiger partial charge in [-0.2, -0.15) is 0 Å². The number of nitrogens with two attached hydrogens (primary N) is 2. The van der Waals surface area contributed by atoms with Crippen LogP contribution in [0.2, 0.25) is 0 Å². The number of imidazole rings is 1. The zero-order chi connectivity index (χ0) is 19.0. The van der Waals surface area contributed by atoms with Crippen LogP contribution in [0.25, 0.3) is 0 Å².